The number of nitrogens with one attached hydrogen (secondary N) is 1. The Balaban J connectivity index is 1.35. The number of aryl methyl sites for hydroxylation is 4. The van der Waals surface area contributed by atoms with Gasteiger partial charge in [0.2, 0.25) is 5.88 Å². The Labute approximate surface area is 188 Å². The van der Waals surface area contributed by atoms with Crippen LogP contribution in [0.2, 0.25) is 0 Å². The maximum absolute atomic E-state index is 6.18. The molecule has 0 spiro atoms. The molecule has 1 aromatic carbocycles. The molecule has 3 aromatic heterocycles. The van der Waals surface area contributed by atoms with Crippen LogP contribution in [-0.4, -0.2) is 26.3 Å². The molecule has 0 saturated carbocycles. The molecule has 0 unspecified atom stereocenters. The van der Waals surface area contributed by atoms with E-state index in [-0.39, 0.29) is 0 Å². The van der Waals surface area contributed by atoms with Crippen molar-refractivity contribution in [3.63, 3.8) is 0 Å². The first-order valence-electron chi connectivity index (χ1n) is 11.3. The van der Waals surface area contributed by atoms with E-state index in [2.05, 4.69) is 46.6 Å². The van der Waals surface area contributed by atoms with Crippen molar-refractivity contribution < 1.29 is 4.74 Å². The minimum absolute atomic E-state index is 0.454. The molecule has 1 aliphatic rings. The number of hydrogen-bond donors (Lipinski definition) is 1. The van der Waals surface area contributed by atoms with Gasteiger partial charge < -0.3 is 10.1 Å². The number of aromatic nitrogens is 4. The third-order valence-corrected chi connectivity index (χ3v) is 6.09. The van der Waals surface area contributed by atoms with E-state index in [1.54, 1.807) is 6.20 Å². The van der Waals surface area contributed by atoms with Crippen molar-refractivity contribution in [2.24, 2.45) is 0 Å². The summed E-state index contributed by atoms with van der Waals surface area (Å²) in [6.45, 7) is 6.93. The van der Waals surface area contributed by atoms with Gasteiger partial charge in [0.1, 0.15) is 6.61 Å². The van der Waals surface area contributed by atoms with Gasteiger partial charge in [-0.15, -0.1) is 0 Å². The molecule has 6 heteroatoms. The highest BCUT2D eigenvalue weighted by molar-refractivity contribution is 5.82. The van der Waals surface area contributed by atoms with E-state index in [1.807, 2.05) is 29.9 Å². The average molecular weight is 428 g/mol. The third-order valence-electron chi connectivity index (χ3n) is 6.09. The Hall–Kier alpha value is -3.25. The van der Waals surface area contributed by atoms with Gasteiger partial charge in [0.05, 0.1) is 17.8 Å². The molecule has 32 heavy (non-hydrogen) atoms. The number of nitrogens with zero attached hydrogens (tertiary/aromatic N) is 4. The SMILES string of the molecule is Cc1cc(C)n(CCNCc2cc3cc4c(cc3nc2OCc2cccnc2)CCC4)n1. The zero-order chi connectivity index (χ0) is 21.9. The van der Waals surface area contributed by atoms with Crippen molar-refractivity contribution in [2.75, 3.05) is 6.54 Å². The van der Waals surface area contributed by atoms with E-state index < -0.39 is 0 Å². The van der Waals surface area contributed by atoms with Gasteiger partial charge in [0, 0.05) is 47.7 Å². The zero-order valence-corrected chi connectivity index (χ0v) is 18.8. The Morgan fingerprint density at radius 3 is 2.75 bits per heavy atom. The molecule has 0 fully saturated rings. The molecule has 5 rings (SSSR count). The van der Waals surface area contributed by atoms with E-state index in [4.69, 9.17) is 9.72 Å². The molecule has 0 saturated heterocycles. The van der Waals surface area contributed by atoms with Gasteiger partial charge in [-0.1, -0.05) is 6.07 Å². The van der Waals surface area contributed by atoms with Gasteiger partial charge in [-0.05, 0) is 74.6 Å². The first kappa shape index (κ1) is 20.6. The molecule has 0 atom stereocenters. The van der Waals surface area contributed by atoms with E-state index in [0.717, 1.165) is 41.8 Å². The zero-order valence-electron chi connectivity index (χ0n) is 18.8. The van der Waals surface area contributed by atoms with E-state index in [9.17, 15) is 0 Å². The standard InChI is InChI=1S/C26H29N5O/c1-18-11-19(2)31(30-18)10-9-28-16-24-13-23-12-21-6-3-7-22(21)14-25(23)29-26(24)32-17-20-5-4-8-27-15-20/h4-5,8,11-15,28H,3,6-7,9-10,16-17H2,1-2H3. The summed E-state index contributed by atoms with van der Waals surface area (Å²) in [6, 6.07) is 12.8. The van der Waals surface area contributed by atoms with Crippen LogP contribution in [0.25, 0.3) is 10.9 Å². The number of pyridine rings is 2. The van der Waals surface area contributed by atoms with Crippen LogP contribution in [0.4, 0.5) is 0 Å². The van der Waals surface area contributed by atoms with Crippen molar-refractivity contribution >= 4 is 10.9 Å². The molecule has 1 N–H and O–H groups in total. The third kappa shape index (κ3) is 4.50. The summed E-state index contributed by atoms with van der Waals surface area (Å²) in [7, 11) is 0. The van der Waals surface area contributed by atoms with E-state index >= 15 is 0 Å². The van der Waals surface area contributed by atoms with Crippen molar-refractivity contribution in [1.29, 1.82) is 0 Å². The van der Waals surface area contributed by atoms with Crippen LogP contribution >= 0.6 is 0 Å². The average Bonchev–Trinajstić information content (AvgIpc) is 3.38. The van der Waals surface area contributed by atoms with Crippen molar-refractivity contribution in [3.05, 3.63) is 82.4 Å². The topological polar surface area (TPSA) is 64.9 Å². The molecule has 0 aliphatic heterocycles. The first-order valence-corrected chi connectivity index (χ1v) is 11.3. The van der Waals surface area contributed by atoms with Crippen molar-refractivity contribution in [3.8, 4) is 5.88 Å². The lowest BCUT2D eigenvalue weighted by Crippen LogP contribution is -2.21. The lowest BCUT2D eigenvalue weighted by Gasteiger charge is -2.14. The summed E-state index contributed by atoms with van der Waals surface area (Å²) < 4.78 is 8.23. The fourth-order valence-electron chi connectivity index (χ4n) is 4.47. The summed E-state index contributed by atoms with van der Waals surface area (Å²) in [5.74, 6) is 0.693. The predicted octanol–water partition coefficient (Wildman–Crippen LogP) is 4.30. The van der Waals surface area contributed by atoms with Crippen LogP contribution < -0.4 is 10.1 Å². The van der Waals surface area contributed by atoms with Gasteiger partial charge in [-0.25, -0.2) is 4.98 Å². The lowest BCUT2D eigenvalue weighted by atomic mass is 10.0. The second-order valence-corrected chi connectivity index (χ2v) is 8.60. The maximum Gasteiger partial charge on any atom is 0.218 e. The maximum atomic E-state index is 6.18. The van der Waals surface area contributed by atoms with Crippen LogP contribution in [0, 0.1) is 13.8 Å². The van der Waals surface area contributed by atoms with Gasteiger partial charge >= 0.3 is 0 Å². The fourth-order valence-corrected chi connectivity index (χ4v) is 4.47. The Morgan fingerprint density at radius 1 is 1.09 bits per heavy atom. The summed E-state index contributed by atoms with van der Waals surface area (Å²) in [4.78, 5) is 9.11. The summed E-state index contributed by atoms with van der Waals surface area (Å²) >= 11 is 0. The number of hydrogen-bond acceptors (Lipinski definition) is 5. The first-order chi connectivity index (χ1) is 15.7. The number of rotatable bonds is 8. The number of benzene rings is 1. The largest absolute Gasteiger partial charge is 0.472 e. The van der Waals surface area contributed by atoms with Crippen LogP contribution in [0.15, 0.2) is 48.8 Å². The van der Waals surface area contributed by atoms with Gasteiger partial charge in [0.15, 0.2) is 0 Å². The monoisotopic (exact) mass is 427 g/mol. The molecule has 164 valence electrons. The molecule has 0 radical (unpaired) electrons. The van der Waals surface area contributed by atoms with Gasteiger partial charge in [-0.3, -0.25) is 9.67 Å². The molecule has 0 bridgehead atoms. The minimum atomic E-state index is 0.454. The van der Waals surface area contributed by atoms with Crippen LogP contribution in [0.3, 0.4) is 0 Å². The van der Waals surface area contributed by atoms with Crippen molar-refractivity contribution in [2.45, 2.75) is 52.8 Å². The quantitative estimate of drug-likeness (QED) is 0.425. The Morgan fingerprint density at radius 2 is 1.97 bits per heavy atom. The summed E-state index contributed by atoms with van der Waals surface area (Å²) in [6.07, 6.45) is 7.16. The van der Waals surface area contributed by atoms with Crippen LogP contribution in [0.1, 0.15) is 40.1 Å². The van der Waals surface area contributed by atoms with Crippen molar-refractivity contribution in [1.82, 2.24) is 25.1 Å². The predicted molar refractivity (Wildman–Crippen MR) is 126 cm³/mol. The molecule has 3 heterocycles. The Bertz CT molecular complexity index is 1230. The normalized spacial score (nSPS) is 12.9. The molecule has 0 amide bonds. The highest BCUT2D eigenvalue weighted by Crippen LogP contribution is 2.30. The Kier molecular flexibility index (Phi) is 5.86. The molecule has 4 aromatic rings. The highest BCUT2D eigenvalue weighted by atomic mass is 16.5. The fraction of sp³-hybridized carbons (Fsp3) is 0.346. The van der Waals surface area contributed by atoms with Gasteiger partial charge in [0.25, 0.3) is 0 Å². The summed E-state index contributed by atoms with van der Waals surface area (Å²) in [5, 5.41) is 9.28. The number of fused-ring (bicyclic) bond motifs is 2. The molecule has 6 nitrogen and oxygen atoms in total. The number of ether oxygens (including phenoxy) is 1. The second-order valence-electron chi connectivity index (χ2n) is 8.60. The lowest BCUT2D eigenvalue weighted by molar-refractivity contribution is 0.290. The minimum Gasteiger partial charge on any atom is -0.472 e. The molecular formula is C26H29N5O. The van der Waals surface area contributed by atoms with E-state index in [1.165, 1.54) is 35.0 Å². The second kappa shape index (κ2) is 9.09. The van der Waals surface area contributed by atoms with E-state index in [0.29, 0.717) is 19.0 Å². The van der Waals surface area contributed by atoms with Gasteiger partial charge in [-0.2, -0.15) is 5.10 Å². The summed E-state index contributed by atoms with van der Waals surface area (Å²) in [5.41, 5.74) is 8.26. The van der Waals surface area contributed by atoms with Crippen LogP contribution in [-0.2, 0) is 32.5 Å². The molecule has 1 aliphatic carbocycles. The van der Waals surface area contributed by atoms with Crippen LogP contribution in [0.5, 0.6) is 5.88 Å². The molecular weight excluding hydrogens is 398 g/mol. The highest BCUT2D eigenvalue weighted by Gasteiger charge is 2.15. The smallest absolute Gasteiger partial charge is 0.218 e.